The Morgan fingerprint density at radius 3 is 3.00 bits per heavy atom. The highest BCUT2D eigenvalue weighted by Gasteiger charge is 2.20. The monoisotopic (exact) mass is 293 g/mol. The van der Waals surface area contributed by atoms with Crippen molar-refractivity contribution in [2.45, 2.75) is 32.4 Å². The molecular formula is C15H23N3O3. The van der Waals surface area contributed by atoms with Crippen molar-refractivity contribution in [1.29, 1.82) is 0 Å². The Morgan fingerprint density at radius 1 is 1.52 bits per heavy atom. The van der Waals surface area contributed by atoms with E-state index in [1.807, 2.05) is 19.1 Å². The fourth-order valence-electron chi connectivity index (χ4n) is 2.78. The SMILES string of the molecule is CCNc1cc(CN2CCCC(OC)C2)ccc1[N+](=O)[O-]. The van der Waals surface area contributed by atoms with Crippen LogP contribution in [0, 0.1) is 10.1 Å². The first kappa shape index (κ1) is 15.7. The zero-order valence-electron chi connectivity index (χ0n) is 12.7. The molecule has 1 saturated heterocycles. The van der Waals surface area contributed by atoms with Gasteiger partial charge in [-0.3, -0.25) is 15.0 Å². The smallest absolute Gasteiger partial charge is 0.292 e. The number of benzene rings is 1. The molecule has 0 radical (unpaired) electrons. The van der Waals surface area contributed by atoms with Gasteiger partial charge in [0.2, 0.25) is 0 Å². The van der Waals surface area contributed by atoms with Crippen LogP contribution < -0.4 is 5.32 Å². The summed E-state index contributed by atoms with van der Waals surface area (Å²) >= 11 is 0. The van der Waals surface area contributed by atoms with Crippen molar-refractivity contribution in [2.24, 2.45) is 0 Å². The number of anilines is 1. The predicted octanol–water partition coefficient (Wildman–Crippen LogP) is 2.64. The maximum atomic E-state index is 11.0. The molecule has 0 aliphatic carbocycles. The first-order valence-corrected chi connectivity index (χ1v) is 7.40. The molecule has 6 heteroatoms. The lowest BCUT2D eigenvalue weighted by atomic mass is 10.1. The zero-order valence-corrected chi connectivity index (χ0v) is 12.7. The molecule has 1 aliphatic rings. The number of nitrogens with zero attached hydrogens (tertiary/aromatic N) is 2. The molecule has 0 saturated carbocycles. The van der Waals surface area contributed by atoms with Crippen LogP contribution in [0.25, 0.3) is 0 Å². The van der Waals surface area contributed by atoms with E-state index in [0.717, 1.165) is 38.0 Å². The summed E-state index contributed by atoms with van der Waals surface area (Å²) in [5.41, 5.74) is 1.82. The Morgan fingerprint density at radius 2 is 2.33 bits per heavy atom. The van der Waals surface area contributed by atoms with E-state index in [9.17, 15) is 10.1 Å². The fraction of sp³-hybridized carbons (Fsp3) is 0.600. The molecule has 1 N–H and O–H groups in total. The summed E-state index contributed by atoms with van der Waals surface area (Å²) in [4.78, 5) is 13.0. The number of piperidine rings is 1. The molecule has 1 aromatic carbocycles. The molecule has 1 aromatic rings. The van der Waals surface area contributed by atoms with Gasteiger partial charge < -0.3 is 10.1 Å². The average molecular weight is 293 g/mol. The van der Waals surface area contributed by atoms with Crippen LogP contribution >= 0.6 is 0 Å². The van der Waals surface area contributed by atoms with Gasteiger partial charge in [-0.1, -0.05) is 6.07 Å². The Hall–Kier alpha value is -1.66. The molecule has 0 spiro atoms. The van der Waals surface area contributed by atoms with Crippen LogP contribution in [0.4, 0.5) is 11.4 Å². The minimum Gasteiger partial charge on any atom is -0.380 e. The fourth-order valence-corrected chi connectivity index (χ4v) is 2.78. The number of methoxy groups -OCH3 is 1. The zero-order chi connectivity index (χ0) is 15.2. The summed E-state index contributed by atoms with van der Waals surface area (Å²) < 4.78 is 5.43. The summed E-state index contributed by atoms with van der Waals surface area (Å²) in [6.45, 7) is 5.37. The number of ether oxygens (including phenoxy) is 1. The summed E-state index contributed by atoms with van der Waals surface area (Å²) in [5, 5.41) is 14.1. The van der Waals surface area contributed by atoms with Gasteiger partial charge in [0.05, 0.1) is 11.0 Å². The van der Waals surface area contributed by atoms with Gasteiger partial charge in [-0.2, -0.15) is 0 Å². The molecule has 6 nitrogen and oxygen atoms in total. The van der Waals surface area contributed by atoms with Crippen LogP contribution in [0.3, 0.4) is 0 Å². The average Bonchev–Trinajstić information content (AvgIpc) is 2.48. The molecule has 1 atom stereocenters. The molecule has 1 heterocycles. The number of rotatable bonds is 6. The first-order chi connectivity index (χ1) is 10.1. The maximum Gasteiger partial charge on any atom is 0.292 e. The van der Waals surface area contributed by atoms with Crippen molar-refractivity contribution in [3.63, 3.8) is 0 Å². The van der Waals surface area contributed by atoms with Crippen LogP contribution in [-0.2, 0) is 11.3 Å². The van der Waals surface area contributed by atoms with Gasteiger partial charge in [0.1, 0.15) is 5.69 Å². The van der Waals surface area contributed by atoms with Crippen molar-refractivity contribution in [1.82, 2.24) is 4.90 Å². The standard InChI is InChI=1S/C15H23N3O3/c1-3-16-14-9-12(6-7-15(14)18(19)20)10-17-8-4-5-13(11-17)21-2/h6-7,9,13,16H,3-5,8,10-11H2,1-2H3. The molecule has 2 rings (SSSR count). The second kappa shape index (κ2) is 7.38. The molecule has 0 bridgehead atoms. The van der Waals surface area contributed by atoms with Crippen LogP contribution in [0.5, 0.6) is 0 Å². The van der Waals surface area contributed by atoms with E-state index >= 15 is 0 Å². The summed E-state index contributed by atoms with van der Waals surface area (Å²) in [7, 11) is 1.75. The van der Waals surface area contributed by atoms with Gasteiger partial charge in [0.25, 0.3) is 5.69 Å². The highest BCUT2D eigenvalue weighted by molar-refractivity contribution is 5.62. The number of hydrogen-bond acceptors (Lipinski definition) is 5. The summed E-state index contributed by atoms with van der Waals surface area (Å²) in [6, 6.07) is 5.32. The molecule has 1 aliphatic heterocycles. The lowest BCUT2D eigenvalue weighted by Crippen LogP contribution is -2.38. The third-order valence-electron chi connectivity index (χ3n) is 3.83. The molecule has 0 amide bonds. The van der Waals surface area contributed by atoms with E-state index in [4.69, 9.17) is 4.74 Å². The van der Waals surface area contributed by atoms with Crippen molar-refractivity contribution in [3.05, 3.63) is 33.9 Å². The van der Waals surface area contributed by atoms with E-state index < -0.39 is 0 Å². The van der Waals surface area contributed by atoms with E-state index in [0.29, 0.717) is 18.3 Å². The van der Waals surface area contributed by atoms with Gasteiger partial charge >= 0.3 is 0 Å². The highest BCUT2D eigenvalue weighted by atomic mass is 16.6. The lowest BCUT2D eigenvalue weighted by molar-refractivity contribution is -0.384. The van der Waals surface area contributed by atoms with Gasteiger partial charge in [0.15, 0.2) is 0 Å². The normalized spacial score (nSPS) is 19.4. The number of likely N-dealkylation sites (tertiary alicyclic amines) is 1. The summed E-state index contributed by atoms with van der Waals surface area (Å²) in [6.07, 6.45) is 2.53. The third kappa shape index (κ3) is 4.15. The van der Waals surface area contributed by atoms with E-state index in [1.54, 1.807) is 13.2 Å². The molecule has 116 valence electrons. The molecule has 1 fully saturated rings. The van der Waals surface area contributed by atoms with Gasteiger partial charge in [-0.25, -0.2) is 0 Å². The topological polar surface area (TPSA) is 67.6 Å². The number of nitro benzene ring substituents is 1. The van der Waals surface area contributed by atoms with Gasteiger partial charge in [-0.15, -0.1) is 0 Å². The lowest BCUT2D eigenvalue weighted by Gasteiger charge is -2.31. The number of hydrogen-bond donors (Lipinski definition) is 1. The van der Waals surface area contributed by atoms with Crippen LogP contribution in [-0.4, -0.2) is 42.7 Å². The Balaban J connectivity index is 2.09. The van der Waals surface area contributed by atoms with E-state index in [-0.39, 0.29) is 10.6 Å². The van der Waals surface area contributed by atoms with E-state index in [2.05, 4.69) is 10.2 Å². The molecule has 1 unspecified atom stereocenters. The van der Waals surface area contributed by atoms with Gasteiger partial charge in [0, 0.05) is 32.8 Å². The number of nitro groups is 1. The van der Waals surface area contributed by atoms with E-state index in [1.165, 1.54) is 0 Å². The Bertz CT molecular complexity index is 493. The van der Waals surface area contributed by atoms with Crippen LogP contribution in [0.1, 0.15) is 25.3 Å². The predicted molar refractivity (Wildman–Crippen MR) is 82.6 cm³/mol. The molecule has 0 aromatic heterocycles. The minimum atomic E-state index is -0.344. The van der Waals surface area contributed by atoms with Crippen LogP contribution in [0.15, 0.2) is 18.2 Å². The highest BCUT2D eigenvalue weighted by Crippen LogP contribution is 2.26. The second-order valence-electron chi connectivity index (χ2n) is 5.37. The Kier molecular flexibility index (Phi) is 5.52. The maximum absolute atomic E-state index is 11.0. The minimum absolute atomic E-state index is 0.133. The van der Waals surface area contributed by atoms with Crippen molar-refractivity contribution in [2.75, 3.05) is 32.1 Å². The Labute approximate surface area is 125 Å². The van der Waals surface area contributed by atoms with Gasteiger partial charge in [-0.05, 0) is 37.9 Å². The molecular weight excluding hydrogens is 270 g/mol. The first-order valence-electron chi connectivity index (χ1n) is 7.40. The quantitative estimate of drug-likeness (QED) is 0.645. The number of nitrogens with one attached hydrogen (secondary N) is 1. The van der Waals surface area contributed by atoms with Crippen molar-refractivity contribution >= 4 is 11.4 Å². The third-order valence-corrected chi connectivity index (χ3v) is 3.83. The van der Waals surface area contributed by atoms with Crippen LogP contribution in [0.2, 0.25) is 0 Å². The molecule has 21 heavy (non-hydrogen) atoms. The van der Waals surface area contributed by atoms with Crippen molar-refractivity contribution < 1.29 is 9.66 Å². The second-order valence-corrected chi connectivity index (χ2v) is 5.37. The largest absolute Gasteiger partial charge is 0.380 e. The summed E-state index contributed by atoms with van der Waals surface area (Å²) in [5.74, 6) is 0. The van der Waals surface area contributed by atoms with Crippen molar-refractivity contribution in [3.8, 4) is 0 Å².